The molecule has 2 aliphatic rings. The fourth-order valence-corrected chi connectivity index (χ4v) is 3.36. The number of hydrogen-bond donors (Lipinski definition) is 1. The molecule has 2 aliphatic heterocycles. The summed E-state index contributed by atoms with van der Waals surface area (Å²) in [6, 6.07) is 3.84. The van der Waals surface area contributed by atoms with Crippen LogP contribution in [0.3, 0.4) is 0 Å². The summed E-state index contributed by atoms with van der Waals surface area (Å²) in [6.45, 7) is 5.93. The van der Waals surface area contributed by atoms with Gasteiger partial charge >= 0.3 is 6.03 Å². The summed E-state index contributed by atoms with van der Waals surface area (Å²) in [5.41, 5.74) is 0.732. The van der Waals surface area contributed by atoms with Crippen molar-refractivity contribution >= 4 is 17.6 Å². The summed E-state index contributed by atoms with van der Waals surface area (Å²) in [4.78, 5) is 32.2. The van der Waals surface area contributed by atoms with Crippen molar-refractivity contribution in [3.63, 3.8) is 0 Å². The number of hydrogen-bond acceptors (Lipinski definition) is 3. The topological polar surface area (TPSA) is 65.5 Å². The number of likely N-dealkylation sites (tertiary alicyclic amines) is 1. The fourth-order valence-electron chi connectivity index (χ4n) is 3.36. The van der Waals surface area contributed by atoms with Gasteiger partial charge in [-0.25, -0.2) is 4.79 Å². The number of rotatable bonds is 2. The van der Waals surface area contributed by atoms with Crippen molar-refractivity contribution in [2.75, 3.05) is 24.5 Å². The van der Waals surface area contributed by atoms with E-state index in [1.165, 1.54) is 0 Å². The predicted octanol–water partition coefficient (Wildman–Crippen LogP) is 1.63. The lowest BCUT2D eigenvalue weighted by atomic mass is 9.86. The van der Waals surface area contributed by atoms with Gasteiger partial charge < -0.3 is 15.1 Å². The van der Waals surface area contributed by atoms with Crippen LogP contribution in [0.15, 0.2) is 24.5 Å². The Bertz CT molecular complexity index is 575. The molecule has 1 N–H and O–H groups in total. The van der Waals surface area contributed by atoms with Gasteiger partial charge in [0.05, 0.1) is 11.9 Å². The third-order valence-electron chi connectivity index (χ3n) is 4.42. The third-order valence-corrected chi connectivity index (χ3v) is 4.42. The molecule has 3 amide bonds. The van der Waals surface area contributed by atoms with Gasteiger partial charge in [0.1, 0.15) is 0 Å². The highest BCUT2D eigenvalue weighted by Gasteiger charge is 2.48. The van der Waals surface area contributed by atoms with Crippen LogP contribution in [0.5, 0.6) is 0 Å². The molecule has 0 saturated carbocycles. The van der Waals surface area contributed by atoms with Crippen molar-refractivity contribution in [3.05, 3.63) is 24.5 Å². The van der Waals surface area contributed by atoms with Crippen LogP contribution in [0, 0.1) is 5.41 Å². The molecule has 3 rings (SSSR count). The van der Waals surface area contributed by atoms with E-state index in [2.05, 4.69) is 10.3 Å². The van der Waals surface area contributed by atoms with Crippen LogP contribution >= 0.6 is 0 Å². The summed E-state index contributed by atoms with van der Waals surface area (Å²) in [5, 5.41) is 2.92. The first kappa shape index (κ1) is 14.8. The Balaban J connectivity index is 1.69. The van der Waals surface area contributed by atoms with Crippen molar-refractivity contribution in [3.8, 4) is 0 Å². The second kappa shape index (κ2) is 5.59. The highest BCUT2D eigenvalue weighted by atomic mass is 16.2. The van der Waals surface area contributed by atoms with E-state index in [-0.39, 0.29) is 23.4 Å². The van der Waals surface area contributed by atoms with Gasteiger partial charge in [0.2, 0.25) is 5.91 Å². The lowest BCUT2D eigenvalue weighted by Crippen LogP contribution is -2.43. The lowest BCUT2D eigenvalue weighted by molar-refractivity contribution is -0.117. The van der Waals surface area contributed by atoms with Gasteiger partial charge in [0, 0.05) is 43.7 Å². The number of nitrogens with zero attached hydrogens (tertiary/aromatic N) is 3. The number of nitrogens with one attached hydrogen (secondary N) is 1. The molecular weight excluding hydrogens is 280 g/mol. The molecular formula is C16H22N4O2. The van der Waals surface area contributed by atoms with Crippen molar-refractivity contribution in [1.82, 2.24) is 15.2 Å². The zero-order valence-corrected chi connectivity index (χ0v) is 13.1. The second-order valence-electron chi connectivity index (χ2n) is 6.64. The number of amides is 3. The van der Waals surface area contributed by atoms with E-state index in [9.17, 15) is 9.59 Å². The molecule has 0 unspecified atom stereocenters. The Morgan fingerprint density at radius 1 is 1.41 bits per heavy atom. The SMILES string of the molecule is CC(C)NC(=O)N1CC[C@@]2(CC(=O)N(c3cccnc3)C2)C1. The average molecular weight is 302 g/mol. The number of anilines is 1. The molecule has 3 heterocycles. The van der Waals surface area contributed by atoms with Crippen LogP contribution in [0.2, 0.25) is 0 Å². The summed E-state index contributed by atoms with van der Waals surface area (Å²) in [5.74, 6) is 0.124. The molecule has 22 heavy (non-hydrogen) atoms. The first-order chi connectivity index (χ1) is 10.5. The monoisotopic (exact) mass is 302 g/mol. The van der Waals surface area contributed by atoms with E-state index in [0.29, 0.717) is 26.1 Å². The lowest BCUT2D eigenvalue weighted by Gasteiger charge is -2.24. The molecule has 0 bridgehead atoms. The molecule has 6 heteroatoms. The molecule has 0 aliphatic carbocycles. The van der Waals surface area contributed by atoms with Gasteiger partial charge in [-0.1, -0.05) is 0 Å². The van der Waals surface area contributed by atoms with Gasteiger partial charge in [-0.05, 0) is 32.4 Å². The smallest absolute Gasteiger partial charge is 0.317 e. The summed E-state index contributed by atoms with van der Waals surface area (Å²) < 4.78 is 0. The minimum absolute atomic E-state index is 0.0286. The Hall–Kier alpha value is -2.11. The Kier molecular flexibility index (Phi) is 3.76. The largest absolute Gasteiger partial charge is 0.336 e. The standard InChI is InChI=1S/C16H22N4O2/c1-12(2)18-15(22)19-7-5-16(10-19)8-14(21)20(11-16)13-4-3-6-17-9-13/h3-4,6,9,12H,5,7-8,10-11H2,1-2H3,(H,18,22)/t16-/m1/s1. The van der Waals surface area contributed by atoms with Crippen LogP contribution in [0.25, 0.3) is 0 Å². The van der Waals surface area contributed by atoms with E-state index in [1.807, 2.05) is 30.9 Å². The molecule has 118 valence electrons. The third kappa shape index (κ3) is 2.77. The second-order valence-corrected chi connectivity index (χ2v) is 6.64. The van der Waals surface area contributed by atoms with E-state index in [0.717, 1.165) is 12.1 Å². The molecule has 6 nitrogen and oxygen atoms in total. The predicted molar refractivity (Wildman–Crippen MR) is 83.5 cm³/mol. The Morgan fingerprint density at radius 3 is 2.91 bits per heavy atom. The number of pyridine rings is 1. The van der Waals surface area contributed by atoms with Gasteiger partial charge in [0.15, 0.2) is 0 Å². The number of aromatic nitrogens is 1. The molecule has 1 aromatic rings. The molecule has 1 spiro atoms. The quantitative estimate of drug-likeness (QED) is 0.903. The Morgan fingerprint density at radius 2 is 2.23 bits per heavy atom. The van der Waals surface area contributed by atoms with E-state index < -0.39 is 0 Å². The molecule has 2 fully saturated rings. The number of urea groups is 1. The van der Waals surface area contributed by atoms with Crippen molar-refractivity contribution < 1.29 is 9.59 Å². The molecule has 0 radical (unpaired) electrons. The van der Waals surface area contributed by atoms with Crippen molar-refractivity contribution in [2.45, 2.75) is 32.7 Å². The van der Waals surface area contributed by atoms with Crippen LogP contribution in [0.1, 0.15) is 26.7 Å². The first-order valence-electron chi connectivity index (χ1n) is 7.75. The fraction of sp³-hybridized carbons (Fsp3) is 0.562. The maximum absolute atomic E-state index is 12.4. The van der Waals surface area contributed by atoms with Crippen LogP contribution in [-0.2, 0) is 4.79 Å². The molecule has 1 aromatic heterocycles. The van der Waals surface area contributed by atoms with E-state index in [4.69, 9.17) is 0 Å². The van der Waals surface area contributed by atoms with E-state index in [1.54, 1.807) is 17.3 Å². The minimum Gasteiger partial charge on any atom is -0.336 e. The zero-order valence-electron chi connectivity index (χ0n) is 13.1. The van der Waals surface area contributed by atoms with E-state index >= 15 is 0 Å². The zero-order chi connectivity index (χ0) is 15.7. The molecule has 2 saturated heterocycles. The normalized spacial score (nSPS) is 24.6. The number of carbonyl (C=O) groups is 2. The van der Waals surface area contributed by atoms with Crippen molar-refractivity contribution in [1.29, 1.82) is 0 Å². The van der Waals surface area contributed by atoms with Crippen LogP contribution in [0.4, 0.5) is 10.5 Å². The summed E-state index contributed by atoms with van der Waals surface area (Å²) in [7, 11) is 0. The molecule has 0 aromatic carbocycles. The molecule has 1 atom stereocenters. The van der Waals surface area contributed by atoms with Crippen molar-refractivity contribution in [2.24, 2.45) is 5.41 Å². The first-order valence-corrected chi connectivity index (χ1v) is 7.75. The van der Waals surface area contributed by atoms with Crippen LogP contribution < -0.4 is 10.2 Å². The highest BCUT2D eigenvalue weighted by molar-refractivity contribution is 5.96. The highest BCUT2D eigenvalue weighted by Crippen LogP contribution is 2.41. The average Bonchev–Trinajstić information content (AvgIpc) is 3.03. The minimum atomic E-state index is -0.110. The maximum atomic E-state index is 12.4. The van der Waals surface area contributed by atoms with Gasteiger partial charge in [-0.3, -0.25) is 9.78 Å². The maximum Gasteiger partial charge on any atom is 0.317 e. The van der Waals surface area contributed by atoms with Gasteiger partial charge in [-0.2, -0.15) is 0 Å². The number of carbonyl (C=O) groups excluding carboxylic acids is 2. The van der Waals surface area contributed by atoms with Gasteiger partial charge in [0.25, 0.3) is 0 Å². The van der Waals surface area contributed by atoms with Gasteiger partial charge in [-0.15, -0.1) is 0 Å². The Labute approximate surface area is 130 Å². The summed E-state index contributed by atoms with van der Waals surface area (Å²) >= 11 is 0. The van der Waals surface area contributed by atoms with Crippen LogP contribution in [-0.4, -0.2) is 47.5 Å². The summed E-state index contributed by atoms with van der Waals surface area (Å²) in [6.07, 6.45) is 4.80.